The van der Waals surface area contributed by atoms with E-state index in [1.54, 1.807) is 0 Å². The van der Waals surface area contributed by atoms with Crippen LogP contribution in [0.5, 0.6) is 23.0 Å². The number of hydrogen-bond acceptors (Lipinski definition) is 12. The van der Waals surface area contributed by atoms with Gasteiger partial charge < -0.3 is 18.9 Å². The van der Waals surface area contributed by atoms with Gasteiger partial charge in [-0.3, -0.25) is 0 Å². The maximum absolute atomic E-state index is 5.73. The molecule has 0 aliphatic heterocycles. The van der Waals surface area contributed by atoms with E-state index < -0.39 is 0 Å². The van der Waals surface area contributed by atoms with Crippen molar-refractivity contribution in [2.24, 2.45) is 23.7 Å². The molecule has 572 valence electrons. The van der Waals surface area contributed by atoms with Crippen LogP contribution in [0.25, 0.3) is 45.6 Å². The second kappa shape index (κ2) is 47.3. The Bertz CT molecular complexity index is 3560. The highest BCUT2D eigenvalue weighted by Crippen LogP contribution is 2.42. The van der Waals surface area contributed by atoms with Crippen LogP contribution in [0.3, 0.4) is 0 Å². The quantitative estimate of drug-likeness (QED) is 0.0355. The second-order valence-electron chi connectivity index (χ2n) is 31.0. The van der Waals surface area contributed by atoms with Crippen molar-refractivity contribution in [1.29, 1.82) is 0 Å². The van der Waals surface area contributed by atoms with Crippen LogP contribution in [0.4, 0.5) is 0 Å². The van der Waals surface area contributed by atoms with E-state index in [-0.39, 0.29) is 0 Å². The number of rotatable bonds is 34. The van der Waals surface area contributed by atoms with Crippen molar-refractivity contribution in [2.75, 3.05) is 26.4 Å². The van der Waals surface area contributed by atoms with E-state index in [1.807, 2.05) is 110 Å². The molecule has 106 heavy (non-hydrogen) atoms. The summed E-state index contributed by atoms with van der Waals surface area (Å²) in [5, 5.41) is 0. The monoisotopic (exact) mass is 1440 g/mol. The Kier molecular flexibility index (Phi) is 36.8. The zero-order valence-corrected chi connectivity index (χ0v) is 66.6. The van der Waals surface area contributed by atoms with Crippen molar-refractivity contribution in [3.63, 3.8) is 0 Å². The standard InChI is InChI=1S/C25H36N2O.C24H34N2O.C23H32N2O.C22H30N2O/c1-3-5-7-8-20-9-11-21(12-10-20)23-18-26-25(27-19-23)22-13-15-24(16-14-22)28-17-6-4-2;1-3-5-7-19-8-10-20(11-9-19)22-17-25-24(26-18-22)21-12-14-23(15-13-21)27-16-6-4-2;1-3-5-15-26-22-13-11-20(12-14-22)23-24-16-21(17-25-23)19-9-7-18(6-4-2)8-10-19;1-3-5-14-25-21-12-10-19(11-13-21)22-23-15-20(16-24-22)18-8-6-17(4-2)7-9-18/h13-16,18-21H,3-12,17H2,1-2H3;12-15,17-20H,3-11,16H2,1-2H3;11-14,16-19H,3-10,15H2,1-2H3;10-13,15-18H,3-9,14H2,1-2H3/t20-,21-;19-,20-;18-,19-;17-,18-. The summed E-state index contributed by atoms with van der Waals surface area (Å²) >= 11 is 0. The molecular weight excluding hydrogens is 1310 g/mol. The van der Waals surface area contributed by atoms with Crippen LogP contribution in [0.2, 0.25) is 0 Å². The minimum atomic E-state index is 0.644. The molecule has 12 heteroatoms. The summed E-state index contributed by atoms with van der Waals surface area (Å²) in [6.45, 7) is 21.0. The Balaban J connectivity index is 0.000000164. The topological polar surface area (TPSA) is 140 Å². The van der Waals surface area contributed by atoms with Gasteiger partial charge in [-0.15, -0.1) is 0 Å². The van der Waals surface area contributed by atoms with Gasteiger partial charge in [0.05, 0.1) is 26.4 Å². The number of aromatic nitrogens is 8. The van der Waals surface area contributed by atoms with Crippen molar-refractivity contribution >= 4 is 0 Å². The molecule has 0 saturated heterocycles. The molecule has 0 bridgehead atoms. The van der Waals surface area contributed by atoms with Gasteiger partial charge >= 0.3 is 0 Å². The molecule has 0 amide bonds. The summed E-state index contributed by atoms with van der Waals surface area (Å²) in [5.74, 6) is 13.2. The molecular formula is C94H132N8O4. The van der Waals surface area contributed by atoms with Gasteiger partial charge in [0.25, 0.3) is 0 Å². The van der Waals surface area contributed by atoms with Crippen molar-refractivity contribution in [2.45, 2.75) is 297 Å². The summed E-state index contributed by atoms with van der Waals surface area (Å²) in [4.78, 5) is 37.1. The van der Waals surface area contributed by atoms with Crippen LogP contribution in [0.1, 0.15) is 320 Å². The molecule has 4 saturated carbocycles. The van der Waals surface area contributed by atoms with Gasteiger partial charge in [0.2, 0.25) is 0 Å². The molecule has 0 N–H and O–H groups in total. The van der Waals surface area contributed by atoms with Gasteiger partial charge in [-0.05, 0) is 295 Å². The molecule has 4 aromatic heterocycles. The van der Waals surface area contributed by atoms with Crippen molar-refractivity contribution < 1.29 is 18.9 Å². The van der Waals surface area contributed by atoms with E-state index in [0.29, 0.717) is 23.7 Å². The van der Waals surface area contributed by atoms with Crippen molar-refractivity contribution in [3.8, 4) is 68.5 Å². The minimum absolute atomic E-state index is 0.644. The Morgan fingerprint density at radius 1 is 0.236 bits per heavy atom. The molecule has 4 aliphatic rings. The average molecular weight is 1440 g/mol. The van der Waals surface area contributed by atoms with Crippen molar-refractivity contribution in [3.05, 3.63) is 169 Å². The Hall–Kier alpha value is -7.60. The van der Waals surface area contributed by atoms with E-state index >= 15 is 0 Å². The Morgan fingerprint density at radius 3 is 0.689 bits per heavy atom. The van der Waals surface area contributed by atoms with Crippen LogP contribution < -0.4 is 18.9 Å². The zero-order chi connectivity index (χ0) is 74.2. The third kappa shape index (κ3) is 27.6. The van der Waals surface area contributed by atoms with E-state index in [9.17, 15) is 0 Å². The third-order valence-corrected chi connectivity index (χ3v) is 22.9. The highest BCUT2D eigenvalue weighted by Gasteiger charge is 2.27. The van der Waals surface area contributed by atoms with Gasteiger partial charge in [0, 0.05) is 71.8 Å². The normalized spacial score (nSPS) is 19.9. The lowest BCUT2D eigenvalue weighted by Gasteiger charge is -2.28. The lowest BCUT2D eigenvalue weighted by atomic mass is 9.77. The van der Waals surface area contributed by atoms with Gasteiger partial charge in [-0.25, -0.2) is 39.9 Å². The van der Waals surface area contributed by atoms with Gasteiger partial charge in [0.1, 0.15) is 23.0 Å². The zero-order valence-electron chi connectivity index (χ0n) is 66.6. The van der Waals surface area contributed by atoms with Crippen LogP contribution in [-0.4, -0.2) is 66.3 Å². The van der Waals surface area contributed by atoms with Gasteiger partial charge in [-0.2, -0.15) is 0 Å². The van der Waals surface area contributed by atoms with E-state index in [1.165, 1.54) is 189 Å². The van der Waals surface area contributed by atoms with Crippen molar-refractivity contribution in [1.82, 2.24) is 39.9 Å². The fourth-order valence-electron chi connectivity index (χ4n) is 15.8. The predicted octanol–water partition coefficient (Wildman–Crippen LogP) is 26.4. The molecule has 0 spiro atoms. The van der Waals surface area contributed by atoms with Gasteiger partial charge in [-0.1, -0.05) is 145 Å². The number of hydrogen-bond donors (Lipinski definition) is 0. The summed E-state index contributed by atoms with van der Waals surface area (Å²) < 4.78 is 22.9. The van der Waals surface area contributed by atoms with E-state index in [2.05, 4.69) is 132 Å². The maximum atomic E-state index is 5.73. The van der Waals surface area contributed by atoms with E-state index in [4.69, 9.17) is 18.9 Å². The lowest BCUT2D eigenvalue weighted by Crippen LogP contribution is -2.14. The average Bonchev–Trinajstić information content (AvgIpc) is 0.864. The molecule has 0 atom stereocenters. The van der Waals surface area contributed by atoms with Crippen LogP contribution in [0, 0.1) is 23.7 Å². The third-order valence-electron chi connectivity index (χ3n) is 22.9. The fourth-order valence-corrected chi connectivity index (χ4v) is 15.8. The van der Waals surface area contributed by atoms with Crippen LogP contribution in [-0.2, 0) is 0 Å². The predicted molar refractivity (Wildman–Crippen MR) is 439 cm³/mol. The molecule has 8 aromatic rings. The van der Waals surface area contributed by atoms with Gasteiger partial charge in [0.15, 0.2) is 23.3 Å². The first-order chi connectivity index (χ1) is 52.2. The highest BCUT2D eigenvalue weighted by molar-refractivity contribution is 5.59. The number of nitrogens with zero attached hydrogens (tertiary/aromatic N) is 8. The summed E-state index contributed by atoms with van der Waals surface area (Å²) in [6.07, 6.45) is 60.2. The first-order valence-electron chi connectivity index (χ1n) is 42.4. The molecule has 4 aliphatic carbocycles. The second-order valence-corrected chi connectivity index (χ2v) is 31.0. The number of unbranched alkanes of at least 4 members (excludes halogenated alkanes) is 7. The van der Waals surface area contributed by atoms with Crippen LogP contribution in [0.15, 0.2) is 147 Å². The molecule has 4 aromatic carbocycles. The van der Waals surface area contributed by atoms with E-state index in [0.717, 1.165) is 170 Å². The Labute approximate surface area is 640 Å². The summed E-state index contributed by atoms with van der Waals surface area (Å²) in [6, 6.07) is 32.5. The molecule has 0 radical (unpaired) electrons. The number of benzene rings is 4. The van der Waals surface area contributed by atoms with Crippen LogP contribution >= 0.6 is 0 Å². The Morgan fingerprint density at radius 2 is 0.462 bits per heavy atom. The molecule has 4 heterocycles. The highest BCUT2D eigenvalue weighted by atomic mass is 16.5. The number of ether oxygens (including phenoxy) is 4. The molecule has 0 unspecified atom stereocenters. The first kappa shape index (κ1) is 82.5. The molecule has 12 rings (SSSR count). The smallest absolute Gasteiger partial charge is 0.159 e. The SMILES string of the molecule is CCCCC[C@H]1CC[C@H](c2cnc(-c3ccc(OCCCC)cc3)nc2)CC1.CCCCOc1ccc(-c2ncc([C@H]3CC[C@H](CC)CC3)cn2)cc1.CCCCOc1ccc(-c2ncc([C@H]3CC[C@H](CCC)CC3)cn2)cc1.CCCCOc1ccc(-c2ncc([C@H]3CC[C@H](CCCC)CC3)cn2)cc1. The maximum Gasteiger partial charge on any atom is 0.159 e. The summed E-state index contributed by atoms with van der Waals surface area (Å²) in [7, 11) is 0. The fraction of sp³-hybridized carbons (Fsp3) is 0.574. The first-order valence-corrected chi connectivity index (χ1v) is 42.4. The largest absolute Gasteiger partial charge is 0.494 e. The lowest BCUT2D eigenvalue weighted by molar-refractivity contribution is 0.302. The molecule has 12 nitrogen and oxygen atoms in total. The minimum Gasteiger partial charge on any atom is -0.494 e. The molecule has 4 fully saturated rings. The summed E-state index contributed by atoms with van der Waals surface area (Å²) in [5.41, 5.74) is 9.43.